The van der Waals surface area contributed by atoms with Gasteiger partial charge in [-0.3, -0.25) is 9.59 Å². The first-order chi connectivity index (χ1) is 13.0. The highest BCUT2D eigenvalue weighted by molar-refractivity contribution is 5.98. The van der Waals surface area contributed by atoms with Crippen LogP contribution in [0.1, 0.15) is 49.9 Å². The number of rotatable bonds is 7. The SMILES string of the molecule is CC(C)C(=O)[C@@H](NC(=O)c1ccc(Oc2ccccc2)cc1)C1CCCC1. The third kappa shape index (κ3) is 4.97. The summed E-state index contributed by atoms with van der Waals surface area (Å²) < 4.78 is 5.76. The fourth-order valence-electron chi connectivity index (χ4n) is 3.59. The van der Waals surface area contributed by atoms with Gasteiger partial charge in [0.1, 0.15) is 11.5 Å². The lowest BCUT2D eigenvalue weighted by atomic mass is 9.89. The van der Waals surface area contributed by atoms with Crippen molar-refractivity contribution in [3.05, 3.63) is 60.2 Å². The Bertz CT molecular complexity index is 762. The minimum atomic E-state index is -0.389. The molecule has 1 saturated carbocycles. The molecule has 0 bridgehead atoms. The lowest BCUT2D eigenvalue weighted by Gasteiger charge is -2.25. The quantitative estimate of drug-likeness (QED) is 0.752. The smallest absolute Gasteiger partial charge is 0.251 e. The van der Waals surface area contributed by atoms with Crippen molar-refractivity contribution in [1.29, 1.82) is 0 Å². The van der Waals surface area contributed by atoms with Crippen LogP contribution in [0.5, 0.6) is 11.5 Å². The van der Waals surface area contributed by atoms with Gasteiger partial charge in [0.25, 0.3) is 5.91 Å². The zero-order chi connectivity index (χ0) is 19.2. The van der Waals surface area contributed by atoms with E-state index in [1.807, 2.05) is 44.2 Å². The number of hydrogen-bond donors (Lipinski definition) is 1. The van der Waals surface area contributed by atoms with E-state index in [0.29, 0.717) is 11.3 Å². The number of nitrogens with one attached hydrogen (secondary N) is 1. The molecule has 0 aromatic heterocycles. The number of para-hydroxylation sites is 1. The van der Waals surface area contributed by atoms with Gasteiger partial charge in [-0.2, -0.15) is 0 Å². The zero-order valence-corrected chi connectivity index (χ0v) is 16.0. The molecule has 1 N–H and O–H groups in total. The molecule has 2 aromatic carbocycles. The molecule has 0 heterocycles. The van der Waals surface area contributed by atoms with Crippen molar-refractivity contribution in [3.63, 3.8) is 0 Å². The van der Waals surface area contributed by atoms with Gasteiger partial charge < -0.3 is 10.1 Å². The van der Waals surface area contributed by atoms with Crippen molar-refractivity contribution in [1.82, 2.24) is 5.32 Å². The monoisotopic (exact) mass is 365 g/mol. The van der Waals surface area contributed by atoms with Crippen LogP contribution in [0.3, 0.4) is 0 Å². The Morgan fingerprint density at radius 2 is 1.52 bits per heavy atom. The molecule has 1 aliphatic rings. The summed E-state index contributed by atoms with van der Waals surface area (Å²) in [6.45, 7) is 3.79. The minimum Gasteiger partial charge on any atom is -0.457 e. The van der Waals surface area contributed by atoms with Crippen molar-refractivity contribution in [2.75, 3.05) is 0 Å². The number of hydrogen-bond acceptors (Lipinski definition) is 3. The van der Waals surface area contributed by atoms with Gasteiger partial charge in [-0.1, -0.05) is 44.9 Å². The average molecular weight is 365 g/mol. The average Bonchev–Trinajstić information content (AvgIpc) is 3.21. The van der Waals surface area contributed by atoms with Crippen LogP contribution in [-0.4, -0.2) is 17.7 Å². The Kier molecular flexibility index (Phi) is 6.28. The summed E-state index contributed by atoms with van der Waals surface area (Å²) in [5, 5.41) is 3.00. The maximum atomic E-state index is 12.7. The molecule has 1 amide bonds. The predicted octanol–water partition coefficient (Wildman–Crippen LogP) is 4.99. The number of amides is 1. The molecule has 0 spiro atoms. The summed E-state index contributed by atoms with van der Waals surface area (Å²) in [5.41, 5.74) is 0.537. The maximum Gasteiger partial charge on any atom is 0.251 e. The van der Waals surface area contributed by atoms with E-state index in [1.165, 1.54) is 0 Å². The van der Waals surface area contributed by atoms with Gasteiger partial charge in [0.2, 0.25) is 0 Å². The first-order valence-electron chi connectivity index (χ1n) is 9.72. The van der Waals surface area contributed by atoms with Gasteiger partial charge in [0, 0.05) is 11.5 Å². The standard InChI is InChI=1S/C23H27NO3/c1-16(2)22(25)21(17-8-6-7-9-17)24-23(26)18-12-14-20(15-13-18)27-19-10-4-3-5-11-19/h3-5,10-17,21H,6-9H2,1-2H3,(H,24,26)/t21-/m0/s1. The summed E-state index contributed by atoms with van der Waals surface area (Å²) in [4.78, 5) is 25.3. The second-order valence-electron chi connectivity index (χ2n) is 7.49. The van der Waals surface area contributed by atoms with Crippen molar-refractivity contribution in [2.45, 2.75) is 45.6 Å². The molecular formula is C23H27NO3. The molecule has 0 unspecified atom stereocenters. The Balaban J connectivity index is 1.67. The highest BCUT2D eigenvalue weighted by atomic mass is 16.5. The number of Topliss-reactive ketones (excluding diaryl/α,β-unsaturated/α-hetero) is 1. The largest absolute Gasteiger partial charge is 0.457 e. The molecule has 3 rings (SSSR count). The van der Waals surface area contributed by atoms with Crippen molar-refractivity contribution < 1.29 is 14.3 Å². The van der Waals surface area contributed by atoms with Crippen LogP contribution in [0.15, 0.2) is 54.6 Å². The van der Waals surface area contributed by atoms with E-state index in [2.05, 4.69) is 5.32 Å². The maximum absolute atomic E-state index is 12.7. The van der Waals surface area contributed by atoms with E-state index in [-0.39, 0.29) is 29.6 Å². The number of benzene rings is 2. The highest BCUT2D eigenvalue weighted by Crippen LogP contribution is 2.29. The Hall–Kier alpha value is -2.62. The third-order valence-electron chi connectivity index (χ3n) is 5.13. The molecule has 142 valence electrons. The van der Waals surface area contributed by atoms with Gasteiger partial charge in [-0.15, -0.1) is 0 Å². The lowest BCUT2D eigenvalue weighted by Crippen LogP contribution is -2.47. The van der Waals surface area contributed by atoms with Crippen LogP contribution in [0.4, 0.5) is 0 Å². The summed E-state index contributed by atoms with van der Waals surface area (Å²) >= 11 is 0. The summed E-state index contributed by atoms with van der Waals surface area (Å²) in [7, 11) is 0. The fourth-order valence-corrected chi connectivity index (χ4v) is 3.59. The predicted molar refractivity (Wildman–Crippen MR) is 106 cm³/mol. The van der Waals surface area contributed by atoms with Crippen LogP contribution in [0, 0.1) is 11.8 Å². The normalized spacial score (nSPS) is 15.5. The first kappa shape index (κ1) is 19.2. The van der Waals surface area contributed by atoms with E-state index in [4.69, 9.17) is 4.74 Å². The lowest BCUT2D eigenvalue weighted by molar-refractivity contribution is -0.125. The number of carbonyl (C=O) groups is 2. The number of carbonyl (C=O) groups excluding carboxylic acids is 2. The van der Waals surface area contributed by atoms with E-state index in [9.17, 15) is 9.59 Å². The molecule has 27 heavy (non-hydrogen) atoms. The molecule has 1 atom stereocenters. The van der Waals surface area contributed by atoms with E-state index in [0.717, 1.165) is 31.4 Å². The van der Waals surface area contributed by atoms with Gasteiger partial charge >= 0.3 is 0 Å². The topological polar surface area (TPSA) is 55.4 Å². The first-order valence-corrected chi connectivity index (χ1v) is 9.72. The van der Waals surface area contributed by atoms with Crippen LogP contribution in [-0.2, 0) is 4.79 Å². The van der Waals surface area contributed by atoms with E-state index in [1.54, 1.807) is 24.3 Å². The van der Waals surface area contributed by atoms with Crippen molar-refractivity contribution in [3.8, 4) is 11.5 Å². The Labute approximate surface area is 160 Å². The van der Waals surface area contributed by atoms with E-state index < -0.39 is 0 Å². The van der Waals surface area contributed by atoms with Crippen molar-refractivity contribution in [2.24, 2.45) is 11.8 Å². The van der Waals surface area contributed by atoms with Gasteiger partial charge in [-0.05, 0) is 55.2 Å². The number of ketones is 1. The van der Waals surface area contributed by atoms with Gasteiger partial charge in [-0.25, -0.2) is 0 Å². The summed E-state index contributed by atoms with van der Waals surface area (Å²) in [6.07, 6.45) is 4.28. The van der Waals surface area contributed by atoms with Crippen LogP contribution < -0.4 is 10.1 Å². The molecule has 2 aromatic rings. The molecular weight excluding hydrogens is 338 g/mol. The van der Waals surface area contributed by atoms with Gasteiger partial charge in [0.15, 0.2) is 5.78 Å². The van der Waals surface area contributed by atoms with Crippen molar-refractivity contribution >= 4 is 11.7 Å². The zero-order valence-electron chi connectivity index (χ0n) is 16.0. The Morgan fingerprint density at radius 1 is 0.926 bits per heavy atom. The molecule has 1 fully saturated rings. The molecule has 4 nitrogen and oxygen atoms in total. The Morgan fingerprint density at radius 3 is 2.11 bits per heavy atom. The summed E-state index contributed by atoms with van der Waals surface area (Å²) in [6, 6.07) is 16.1. The summed E-state index contributed by atoms with van der Waals surface area (Å²) in [5.74, 6) is 1.51. The third-order valence-corrected chi connectivity index (χ3v) is 5.13. The minimum absolute atomic E-state index is 0.0856. The fraction of sp³-hybridized carbons (Fsp3) is 0.391. The van der Waals surface area contributed by atoms with Crippen LogP contribution in [0.2, 0.25) is 0 Å². The molecule has 0 saturated heterocycles. The molecule has 1 aliphatic carbocycles. The second-order valence-corrected chi connectivity index (χ2v) is 7.49. The second kappa shape index (κ2) is 8.85. The van der Waals surface area contributed by atoms with Crippen LogP contribution in [0.25, 0.3) is 0 Å². The molecule has 0 radical (unpaired) electrons. The molecule has 4 heteroatoms. The molecule has 0 aliphatic heterocycles. The van der Waals surface area contributed by atoms with E-state index >= 15 is 0 Å². The van der Waals surface area contributed by atoms with Gasteiger partial charge in [0.05, 0.1) is 6.04 Å². The highest BCUT2D eigenvalue weighted by Gasteiger charge is 2.33. The van der Waals surface area contributed by atoms with Crippen LogP contribution >= 0.6 is 0 Å². The number of ether oxygens (including phenoxy) is 1.